The number of para-hydroxylation sites is 1. The average molecular weight is 223 g/mol. The monoisotopic (exact) mass is 223 g/mol. The molecular formula is C9H9N3O2S. The molecule has 3 amide bonds. The maximum Gasteiger partial charge on any atom is 0.323 e. The number of nitrogens with one attached hydrogen (secondary N) is 2. The van der Waals surface area contributed by atoms with Crippen molar-refractivity contribution in [1.29, 1.82) is 0 Å². The van der Waals surface area contributed by atoms with Gasteiger partial charge in [0.05, 0.1) is 0 Å². The number of imide groups is 1. The summed E-state index contributed by atoms with van der Waals surface area (Å²) in [5.74, 6) is -0.404. The Hall–Kier alpha value is -1.69. The van der Waals surface area contributed by atoms with Crippen LogP contribution in [0.25, 0.3) is 0 Å². The first kappa shape index (κ1) is 9.85. The minimum atomic E-state index is -0.761. The molecule has 1 saturated heterocycles. The second-order valence-corrected chi connectivity index (χ2v) is 3.48. The summed E-state index contributed by atoms with van der Waals surface area (Å²) in [6.45, 7) is 0. The summed E-state index contributed by atoms with van der Waals surface area (Å²) in [6.07, 6.45) is -0.761. The number of rotatable bonds is 2. The molecule has 0 radical (unpaired) electrons. The number of hydrogen-bond acceptors (Lipinski definition) is 4. The summed E-state index contributed by atoms with van der Waals surface area (Å²) in [5.41, 5.74) is 0.739. The van der Waals surface area contributed by atoms with Crippen LogP contribution in [0.3, 0.4) is 0 Å². The summed E-state index contributed by atoms with van der Waals surface area (Å²) in [4.78, 5) is 22.2. The fourth-order valence-corrected chi connectivity index (χ4v) is 1.60. The van der Waals surface area contributed by atoms with Crippen molar-refractivity contribution >= 4 is 30.4 Å². The van der Waals surface area contributed by atoms with Gasteiger partial charge in [-0.15, -0.1) is 0 Å². The Bertz CT molecular complexity index is 396. The predicted molar refractivity (Wildman–Crippen MR) is 58.4 cm³/mol. The van der Waals surface area contributed by atoms with E-state index in [1.165, 1.54) is 4.31 Å². The van der Waals surface area contributed by atoms with Gasteiger partial charge in [0.25, 0.3) is 5.91 Å². The summed E-state index contributed by atoms with van der Waals surface area (Å²) < 4.78 is 1.40. The van der Waals surface area contributed by atoms with Crippen LogP contribution < -0.4 is 14.9 Å². The Morgan fingerprint density at radius 2 is 1.87 bits per heavy atom. The number of anilines is 1. The molecule has 1 aromatic rings. The van der Waals surface area contributed by atoms with Gasteiger partial charge in [-0.25, -0.2) is 4.79 Å². The molecule has 6 heteroatoms. The van der Waals surface area contributed by atoms with E-state index in [1.54, 1.807) is 12.1 Å². The van der Waals surface area contributed by atoms with Gasteiger partial charge in [-0.2, -0.15) is 0 Å². The van der Waals surface area contributed by atoms with E-state index >= 15 is 0 Å². The van der Waals surface area contributed by atoms with Crippen molar-refractivity contribution in [2.75, 3.05) is 4.31 Å². The van der Waals surface area contributed by atoms with Crippen molar-refractivity contribution < 1.29 is 9.59 Å². The molecule has 0 spiro atoms. The fraction of sp³-hybridized carbons (Fsp3) is 0.111. The molecule has 1 fully saturated rings. The summed E-state index contributed by atoms with van der Waals surface area (Å²) in [6, 6.07) is 8.61. The van der Waals surface area contributed by atoms with Crippen LogP contribution >= 0.6 is 12.8 Å². The van der Waals surface area contributed by atoms with E-state index in [4.69, 9.17) is 0 Å². The maximum absolute atomic E-state index is 11.3. The van der Waals surface area contributed by atoms with Crippen LogP contribution in [0.1, 0.15) is 0 Å². The molecule has 1 aliphatic heterocycles. The normalized spacial score (nSPS) is 19.7. The van der Waals surface area contributed by atoms with Crippen LogP contribution in [0.5, 0.6) is 0 Å². The predicted octanol–water partition coefficient (Wildman–Crippen LogP) is 0.503. The summed E-state index contributed by atoms with van der Waals surface area (Å²) >= 11 is 4.17. The van der Waals surface area contributed by atoms with Crippen LogP contribution in [0, 0.1) is 0 Å². The Labute approximate surface area is 92.0 Å². The minimum absolute atomic E-state index is 0.404. The number of benzene rings is 1. The van der Waals surface area contributed by atoms with E-state index < -0.39 is 18.1 Å². The SMILES string of the molecule is O=C1NC(=O)C(N(S)c2ccccc2)N1. The second kappa shape index (κ2) is 3.82. The second-order valence-electron chi connectivity index (χ2n) is 3.05. The Morgan fingerprint density at radius 3 is 2.40 bits per heavy atom. The van der Waals surface area contributed by atoms with Crippen molar-refractivity contribution in [2.45, 2.75) is 6.17 Å². The van der Waals surface area contributed by atoms with E-state index in [9.17, 15) is 9.59 Å². The molecule has 0 aliphatic carbocycles. The van der Waals surface area contributed by atoms with Crippen LogP contribution in [-0.4, -0.2) is 18.1 Å². The first-order valence-electron chi connectivity index (χ1n) is 4.33. The van der Waals surface area contributed by atoms with E-state index in [1.807, 2.05) is 18.2 Å². The van der Waals surface area contributed by atoms with Crippen molar-refractivity contribution in [2.24, 2.45) is 0 Å². The maximum atomic E-state index is 11.3. The molecule has 1 aromatic carbocycles. The number of amides is 3. The lowest BCUT2D eigenvalue weighted by atomic mass is 10.3. The lowest BCUT2D eigenvalue weighted by Crippen LogP contribution is -2.41. The van der Waals surface area contributed by atoms with E-state index in [-0.39, 0.29) is 0 Å². The van der Waals surface area contributed by atoms with Crippen LogP contribution in [0.15, 0.2) is 30.3 Å². The molecular weight excluding hydrogens is 214 g/mol. The van der Waals surface area contributed by atoms with Crippen molar-refractivity contribution in [3.63, 3.8) is 0 Å². The minimum Gasteiger partial charge on any atom is -0.309 e. The third-order valence-electron chi connectivity index (χ3n) is 2.02. The van der Waals surface area contributed by atoms with E-state index in [0.717, 1.165) is 5.69 Å². The third-order valence-corrected chi connectivity index (χ3v) is 2.48. The van der Waals surface area contributed by atoms with E-state index in [0.29, 0.717) is 0 Å². The largest absolute Gasteiger partial charge is 0.323 e. The van der Waals surface area contributed by atoms with Gasteiger partial charge in [0.15, 0.2) is 6.17 Å². The molecule has 1 heterocycles. The van der Waals surface area contributed by atoms with Crippen molar-refractivity contribution in [3.8, 4) is 0 Å². The van der Waals surface area contributed by atoms with Crippen LogP contribution in [-0.2, 0) is 4.79 Å². The van der Waals surface area contributed by atoms with Gasteiger partial charge >= 0.3 is 6.03 Å². The Balaban J connectivity index is 2.18. The van der Waals surface area contributed by atoms with Gasteiger partial charge in [-0.05, 0) is 12.1 Å². The smallest absolute Gasteiger partial charge is 0.309 e. The van der Waals surface area contributed by atoms with Gasteiger partial charge in [-0.1, -0.05) is 31.0 Å². The highest BCUT2D eigenvalue weighted by Gasteiger charge is 2.33. The van der Waals surface area contributed by atoms with Gasteiger partial charge in [-0.3, -0.25) is 14.4 Å². The Morgan fingerprint density at radius 1 is 1.20 bits per heavy atom. The zero-order valence-corrected chi connectivity index (χ0v) is 8.57. The number of thiol groups is 1. The van der Waals surface area contributed by atoms with Gasteiger partial charge in [0.1, 0.15) is 0 Å². The number of carbonyl (C=O) groups excluding carboxylic acids is 2. The average Bonchev–Trinajstić information content (AvgIpc) is 2.58. The van der Waals surface area contributed by atoms with Gasteiger partial charge in [0.2, 0.25) is 0 Å². The number of hydrogen-bond donors (Lipinski definition) is 3. The fourth-order valence-electron chi connectivity index (χ4n) is 1.31. The van der Waals surface area contributed by atoms with Crippen molar-refractivity contribution in [1.82, 2.24) is 10.6 Å². The topological polar surface area (TPSA) is 61.4 Å². The molecule has 1 atom stereocenters. The molecule has 0 bridgehead atoms. The highest BCUT2D eigenvalue weighted by atomic mass is 32.1. The molecule has 0 aromatic heterocycles. The number of carbonyl (C=O) groups is 2. The molecule has 15 heavy (non-hydrogen) atoms. The lowest BCUT2D eigenvalue weighted by Gasteiger charge is -2.21. The van der Waals surface area contributed by atoms with Gasteiger partial charge in [0, 0.05) is 5.69 Å². The summed E-state index contributed by atoms with van der Waals surface area (Å²) in [5, 5.41) is 4.59. The molecule has 0 saturated carbocycles. The molecule has 78 valence electrons. The lowest BCUT2D eigenvalue weighted by molar-refractivity contribution is -0.119. The number of nitrogens with zero attached hydrogens (tertiary/aromatic N) is 1. The molecule has 1 aliphatic rings. The number of urea groups is 1. The standard InChI is InChI=1S/C9H9N3O2S/c13-8-7(10-9(14)11-8)12(15)6-4-2-1-3-5-6/h1-5,7,15H,(H2,10,11,13,14). The van der Waals surface area contributed by atoms with Gasteiger partial charge < -0.3 is 5.32 Å². The highest BCUT2D eigenvalue weighted by molar-refractivity contribution is 7.81. The first-order chi connectivity index (χ1) is 7.18. The molecule has 2 rings (SSSR count). The Kier molecular flexibility index (Phi) is 2.51. The molecule has 1 unspecified atom stereocenters. The van der Waals surface area contributed by atoms with E-state index in [2.05, 4.69) is 23.4 Å². The van der Waals surface area contributed by atoms with Crippen molar-refractivity contribution in [3.05, 3.63) is 30.3 Å². The quantitative estimate of drug-likeness (QED) is 0.505. The molecule has 5 nitrogen and oxygen atoms in total. The summed E-state index contributed by atoms with van der Waals surface area (Å²) in [7, 11) is 0. The zero-order chi connectivity index (χ0) is 10.8. The third kappa shape index (κ3) is 1.89. The van der Waals surface area contributed by atoms with Crippen LogP contribution in [0.2, 0.25) is 0 Å². The zero-order valence-electron chi connectivity index (χ0n) is 7.68. The molecule has 2 N–H and O–H groups in total. The first-order valence-corrected chi connectivity index (χ1v) is 4.73. The van der Waals surface area contributed by atoms with Crippen LogP contribution in [0.4, 0.5) is 10.5 Å². The highest BCUT2D eigenvalue weighted by Crippen LogP contribution is 2.18.